The molecule has 0 bridgehead atoms. The molecule has 1 aromatic rings. The zero-order chi connectivity index (χ0) is 9.47. The summed E-state index contributed by atoms with van der Waals surface area (Å²) in [6.45, 7) is 4.08. The maximum Gasteiger partial charge on any atom is 0.158 e. The molecule has 0 spiro atoms. The Hall–Kier alpha value is -0.900. The molecule has 0 saturated heterocycles. The molecule has 72 valence electrons. The van der Waals surface area contributed by atoms with Gasteiger partial charge in [0.15, 0.2) is 5.82 Å². The predicted octanol–water partition coefficient (Wildman–Crippen LogP) is 0.882. The molecule has 2 atom stereocenters. The Kier molecular flexibility index (Phi) is 1.87. The molecule has 0 aromatic carbocycles. The maximum atomic E-state index is 6.06. The highest BCUT2D eigenvalue weighted by atomic mass is 15.2. The number of aromatic nitrogens is 3. The van der Waals surface area contributed by atoms with Gasteiger partial charge in [0.05, 0.1) is 0 Å². The Morgan fingerprint density at radius 1 is 1.62 bits per heavy atom. The van der Waals surface area contributed by atoms with Gasteiger partial charge in [-0.1, -0.05) is 13.3 Å². The van der Waals surface area contributed by atoms with E-state index in [1.807, 2.05) is 6.92 Å². The molecular formula is C9H16N4. The van der Waals surface area contributed by atoms with Crippen molar-refractivity contribution in [3.05, 3.63) is 11.6 Å². The third-order valence-corrected chi connectivity index (χ3v) is 3.14. The van der Waals surface area contributed by atoms with Crippen LogP contribution in [-0.2, 0) is 5.41 Å². The van der Waals surface area contributed by atoms with Crippen LogP contribution >= 0.6 is 0 Å². The number of hydrogen-bond acceptors (Lipinski definition) is 3. The first kappa shape index (κ1) is 8.69. The molecule has 4 heteroatoms. The first-order valence-electron chi connectivity index (χ1n) is 4.78. The number of hydrogen-bond donors (Lipinski definition) is 2. The molecule has 1 saturated carbocycles. The van der Waals surface area contributed by atoms with Crippen molar-refractivity contribution in [2.75, 3.05) is 0 Å². The molecule has 0 aliphatic heterocycles. The second kappa shape index (κ2) is 2.80. The summed E-state index contributed by atoms with van der Waals surface area (Å²) in [7, 11) is 0. The first-order valence-corrected chi connectivity index (χ1v) is 4.78. The van der Waals surface area contributed by atoms with Gasteiger partial charge in [-0.2, -0.15) is 5.10 Å². The minimum absolute atomic E-state index is 0.00917. The van der Waals surface area contributed by atoms with Crippen LogP contribution in [0.5, 0.6) is 0 Å². The molecular weight excluding hydrogens is 164 g/mol. The number of H-pyrrole nitrogens is 1. The summed E-state index contributed by atoms with van der Waals surface area (Å²) in [4.78, 5) is 4.37. The largest absolute Gasteiger partial charge is 0.327 e. The van der Waals surface area contributed by atoms with Crippen molar-refractivity contribution in [2.45, 2.75) is 44.6 Å². The molecule has 1 heterocycles. The molecule has 4 nitrogen and oxygen atoms in total. The van der Waals surface area contributed by atoms with Crippen LogP contribution in [0.15, 0.2) is 0 Å². The Bertz CT molecular complexity index is 306. The van der Waals surface area contributed by atoms with Gasteiger partial charge in [-0.05, 0) is 19.8 Å². The first-order chi connectivity index (χ1) is 6.13. The molecule has 2 unspecified atom stereocenters. The number of rotatable bonds is 1. The molecule has 3 N–H and O–H groups in total. The molecule has 1 aromatic heterocycles. The number of nitrogens with two attached hydrogens (primary N) is 1. The molecule has 0 amide bonds. The second-order valence-electron chi connectivity index (χ2n) is 4.16. The number of nitrogens with zero attached hydrogens (tertiary/aromatic N) is 2. The smallest absolute Gasteiger partial charge is 0.158 e. The van der Waals surface area contributed by atoms with Crippen molar-refractivity contribution in [2.24, 2.45) is 5.73 Å². The van der Waals surface area contributed by atoms with Crippen LogP contribution in [0.1, 0.15) is 37.8 Å². The van der Waals surface area contributed by atoms with E-state index in [0.29, 0.717) is 0 Å². The van der Waals surface area contributed by atoms with Gasteiger partial charge in [0.25, 0.3) is 0 Å². The van der Waals surface area contributed by atoms with E-state index >= 15 is 0 Å². The van der Waals surface area contributed by atoms with E-state index in [4.69, 9.17) is 5.73 Å². The third kappa shape index (κ3) is 1.25. The fourth-order valence-corrected chi connectivity index (χ4v) is 2.07. The van der Waals surface area contributed by atoms with E-state index in [9.17, 15) is 0 Å². The zero-order valence-corrected chi connectivity index (χ0v) is 8.17. The Labute approximate surface area is 77.9 Å². The monoisotopic (exact) mass is 180 g/mol. The van der Waals surface area contributed by atoms with E-state index in [2.05, 4.69) is 22.1 Å². The lowest BCUT2D eigenvalue weighted by Crippen LogP contribution is -2.39. The fourth-order valence-electron chi connectivity index (χ4n) is 2.07. The average Bonchev–Trinajstić information content (AvgIpc) is 2.62. The minimum Gasteiger partial charge on any atom is -0.327 e. The van der Waals surface area contributed by atoms with Crippen LogP contribution < -0.4 is 5.73 Å². The summed E-state index contributed by atoms with van der Waals surface area (Å²) in [6.07, 6.45) is 3.38. The van der Waals surface area contributed by atoms with Crippen LogP contribution in [0.25, 0.3) is 0 Å². The normalized spacial score (nSPS) is 33.9. The Morgan fingerprint density at radius 2 is 2.38 bits per heavy atom. The van der Waals surface area contributed by atoms with E-state index in [1.54, 1.807) is 0 Å². The van der Waals surface area contributed by atoms with Crippen molar-refractivity contribution in [3.63, 3.8) is 0 Å². The standard InChI is InChI=1S/C9H16N4/c1-6-11-8(13-12-6)9(2)5-3-4-7(9)10/h7H,3-5,10H2,1-2H3,(H,11,12,13). The lowest BCUT2D eigenvalue weighted by Gasteiger charge is -2.25. The van der Waals surface area contributed by atoms with Gasteiger partial charge in [-0.25, -0.2) is 4.98 Å². The van der Waals surface area contributed by atoms with Crippen LogP contribution in [0, 0.1) is 6.92 Å². The average molecular weight is 180 g/mol. The van der Waals surface area contributed by atoms with Crippen molar-refractivity contribution in [1.82, 2.24) is 15.2 Å². The van der Waals surface area contributed by atoms with Crippen molar-refractivity contribution < 1.29 is 0 Å². The lowest BCUT2D eigenvalue weighted by atomic mass is 9.84. The summed E-state index contributed by atoms with van der Waals surface area (Å²) >= 11 is 0. The SMILES string of the molecule is Cc1nc(C2(C)CCCC2N)n[nH]1. The van der Waals surface area contributed by atoms with E-state index in [0.717, 1.165) is 24.5 Å². The molecule has 1 aliphatic rings. The Morgan fingerprint density at radius 3 is 2.85 bits per heavy atom. The van der Waals surface area contributed by atoms with Crippen LogP contribution in [0.2, 0.25) is 0 Å². The number of aromatic amines is 1. The number of aryl methyl sites for hydroxylation is 1. The van der Waals surface area contributed by atoms with Crippen molar-refractivity contribution in [1.29, 1.82) is 0 Å². The maximum absolute atomic E-state index is 6.06. The third-order valence-electron chi connectivity index (χ3n) is 3.14. The molecule has 1 fully saturated rings. The summed E-state index contributed by atoms with van der Waals surface area (Å²) in [6, 6.07) is 0.211. The van der Waals surface area contributed by atoms with E-state index < -0.39 is 0 Å². The molecule has 13 heavy (non-hydrogen) atoms. The highest BCUT2D eigenvalue weighted by Crippen LogP contribution is 2.37. The van der Waals surface area contributed by atoms with Crippen molar-refractivity contribution in [3.8, 4) is 0 Å². The van der Waals surface area contributed by atoms with Crippen molar-refractivity contribution >= 4 is 0 Å². The number of nitrogens with one attached hydrogen (secondary N) is 1. The quantitative estimate of drug-likeness (QED) is 0.674. The summed E-state index contributed by atoms with van der Waals surface area (Å²) in [5, 5.41) is 7.08. The molecule has 1 aliphatic carbocycles. The highest BCUT2D eigenvalue weighted by molar-refractivity contribution is 5.13. The van der Waals surface area contributed by atoms with Crippen LogP contribution in [-0.4, -0.2) is 21.2 Å². The topological polar surface area (TPSA) is 67.6 Å². The Balaban J connectivity index is 2.33. The minimum atomic E-state index is -0.00917. The van der Waals surface area contributed by atoms with E-state index in [1.165, 1.54) is 6.42 Å². The van der Waals surface area contributed by atoms with E-state index in [-0.39, 0.29) is 11.5 Å². The second-order valence-corrected chi connectivity index (χ2v) is 4.16. The van der Waals surface area contributed by atoms with Gasteiger partial charge >= 0.3 is 0 Å². The molecule has 2 rings (SSSR count). The lowest BCUT2D eigenvalue weighted by molar-refractivity contribution is 0.405. The van der Waals surface area contributed by atoms with Gasteiger partial charge in [0.2, 0.25) is 0 Å². The van der Waals surface area contributed by atoms with Gasteiger partial charge in [0.1, 0.15) is 5.82 Å². The van der Waals surface area contributed by atoms with Crippen LogP contribution in [0.4, 0.5) is 0 Å². The van der Waals surface area contributed by atoms with Crippen LogP contribution in [0.3, 0.4) is 0 Å². The summed E-state index contributed by atoms with van der Waals surface area (Å²) in [5.74, 6) is 1.75. The van der Waals surface area contributed by atoms with Gasteiger partial charge < -0.3 is 5.73 Å². The fraction of sp³-hybridized carbons (Fsp3) is 0.778. The summed E-state index contributed by atoms with van der Waals surface area (Å²) < 4.78 is 0. The summed E-state index contributed by atoms with van der Waals surface area (Å²) in [5.41, 5.74) is 6.05. The highest BCUT2D eigenvalue weighted by Gasteiger charge is 2.40. The van der Waals surface area contributed by atoms with Gasteiger partial charge in [-0.3, -0.25) is 5.10 Å². The van der Waals surface area contributed by atoms with Gasteiger partial charge in [0, 0.05) is 11.5 Å². The zero-order valence-electron chi connectivity index (χ0n) is 8.17. The van der Waals surface area contributed by atoms with Gasteiger partial charge in [-0.15, -0.1) is 0 Å². The molecule has 0 radical (unpaired) electrons. The predicted molar refractivity (Wildman–Crippen MR) is 50.3 cm³/mol.